The Labute approximate surface area is 125 Å². The zero-order valence-corrected chi connectivity index (χ0v) is 13.1. The maximum Gasteiger partial charge on any atom is 0.319 e. The van der Waals surface area contributed by atoms with Gasteiger partial charge < -0.3 is 15.7 Å². The highest BCUT2D eigenvalue weighted by Crippen LogP contribution is 2.27. The third-order valence-corrected chi connectivity index (χ3v) is 3.33. The number of carbonyl (C=O) groups excluding carboxylic acids is 1. The van der Waals surface area contributed by atoms with E-state index in [1.54, 1.807) is 6.92 Å². The highest BCUT2D eigenvalue weighted by molar-refractivity contribution is 5.91. The summed E-state index contributed by atoms with van der Waals surface area (Å²) in [6.45, 7) is 7.90. The van der Waals surface area contributed by atoms with E-state index in [9.17, 15) is 9.59 Å². The average molecular weight is 292 g/mol. The summed E-state index contributed by atoms with van der Waals surface area (Å²) < 4.78 is 0. The fraction of sp³-hybridized carbons (Fsp3) is 0.500. The number of nitrogens with one attached hydrogen (secondary N) is 2. The number of benzene rings is 1. The largest absolute Gasteiger partial charge is 0.481 e. The molecule has 3 N–H and O–H groups in total. The van der Waals surface area contributed by atoms with Crippen LogP contribution in [0.1, 0.15) is 50.7 Å². The third kappa shape index (κ3) is 5.45. The molecule has 0 bridgehead atoms. The Morgan fingerprint density at radius 3 is 2.48 bits per heavy atom. The lowest BCUT2D eigenvalue weighted by Gasteiger charge is -2.18. The van der Waals surface area contributed by atoms with Gasteiger partial charge in [-0.05, 0) is 37.3 Å². The molecular weight excluding hydrogens is 268 g/mol. The minimum Gasteiger partial charge on any atom is -0.481 e. The molecule has 1 rings (SSSR count). The predicted octanol–water partition coefficient (Wildman–Crippen LogP) is 3.49. The van der Waals surface area contributed by atoms with Gasteiger partial charge in [0.15, 0.2) is 0 Å². The van der Waals surface area contributed by atoms with Crippen LogP contribution in [0.25, 0.3) is 0 Å². The summed E-state index contributed by atoms with van der Waals surface area (Å²) in [4.78, 5) is 22.5. The van der Waals surface area contributed by atoms with E-state index >= 15 is 0 Å². The van der Waals surface area contributed by atoms with Crippen molar-refractivity contribution >= 4 is 17.7 Å². The van der Waals surface area contributed by atoms with Gasteiger partial charge in [0.05, 0.1) is 0 Å². The highest BCUT2D eigenvalue weighted by Gasteiger charge is 2.14. The Bertz CT molecular complexity index is 512. The van der Waals surface area contributed by atoms with Gasteiger partial charge >= 0.3 is 12.0 Å². The molecule has 21 heavy (non-hydrogen) atoms. The van der Waals surface area contributed by atoms with E-state index in [0.717, 1.165) is 16.8 Å². The van der Waals surface area contributed by atoms with Gasteiger partial charge in [-0.2, -0.15) is 0 Å². The van der Waals surface area contributed by atoms with Gasteiger partial charge in [0, 0.05) is 18.2 Å². The second-order valence-corrected chi connectivity index (χ2v) is 5.63. The van der Waals surface area contributed by atoms with Crippen LogP contribution in [0.2, 0.25) is 0 Å². The Morgan fingerprint density at radius 1 is 1.24 bits per heavy atom. The summed E-state index contributed by atoms with van der Waals surface area (Å²) in [5, 5.41) is 14.3. The van der Waals surface area contributed by atoms with Crippen LogP contribution in [0.15, 0.2) is 18.2 Å². The number of carbonyl (C=O) groups is 2. The molecule has 5 nitrogen and oxygen atoms in total. The van der Waals surface area contributed by atoms with Crippen LogP contribution >= 0.6 is 0 Å². The summed E-state index contributed by atoms with van der Waals surface area (Å²) in [6.07, 6.45) is 0.455. The third-order valence-electron chi connectivity index (χ3n) is 3.33. The van der Waals surface area contributed by atoms with E-state index in [2.05, 4.69) is 24.5 Å². The molecule has 0 radical (unpaired) electrons. The van der Waals surface area contributed by atoms with E-state index in [4.69, 9.17) is 5.11 Å². The Hall–Kier alpha value is -2.04. The molecule has 0 aromatic heterocycles. The SMILES string of the molecule is Cc1cccc(C(C)C)c1NC(=O)NC(C)CCC(=O)O. The molecule has 0 saturated carbocycles. The van der Waals surface area contributed by atoms with E-state index in [1.807, 2.05) is 25.1 Å². The zero-order valence-electron chi connectivity index (χ0n) is 13.1. The lowest BCUT2D eigenvalue weighted by atomic mass is 9.98. The van der Waals surface area contributed by atoms with Crippen LogP contribution in [-0.2, 0) is 4.79 Å². The van der Waals surface area contributed by atoms with E-state index in [1.165, 1.54) is 0 Å². The molecule has 5 heteroatoms. The summed E-state index contributed by atoms with van der Waals surface area (Å²) in [5.41, 5.74) is 2.92. The van der Waals surface area contributed by atoms with Crippen LogP contribution in [0.5, 0.6) is 0 Å². The monoisotopic (exact) mass is 292 g/mol. The minimum atomic E-state index is -0.856. The van der Waals surface area contributed by atoms with Crippen molar-refractivity contribution in [1.29, 1.82) is 0 Å². The number of para-hydroxylation sites is 1. The number of carboxylic acids is 1. The Balaban J connectivity index is 2.69. The number of hydrogen-bond acceptors (Lipinski definition) is 2. The molecule has 0 aliphatic carbocycles. The summed E-state index contributed by atoms with van der Waals surface area (Å²) in [7, 11) is 0. The second kappa shape index (κ2) is 7.67. The molecule has 0 aliphatic rings. The first-order valence-electron chi connectivity index (χ1n) is 7.20. The van der Waals surface area contributed by atoms with Crippen LogP contribution in [0.3, 0.4) is 0 Å². The van der Waals surface area contributed by atoms with Gasteiger partial charge in [0.1, 0.15) is 0 Å². The van der Waals surface area contributed by atoms with Gasteiger partial charge in [-0.1, -0.05) is 32.0 Å². The number of anilines is 1. The van der Waals surface area contributed by atoms with Gasteiger partial charge in [0.25, 0.3) is 0 Å². The fourth-order valence-corrected chi connectivity index (χ4v) is 2.13. The topological polar surface area (TPSA) is 78.4 Å². The van der Waals surface area contributed by atoms with Crippen molar-refractivity contribution in [3.63, 3.8) is 0 Å². The van der Waals surface area contributed by atoms with Crippen molar-refractivity contribution in [2.24, 2.45) is 0 Å². The molecule has 2 amide bonds. The van der Waals surface area contributed by atoms with E-state index in [-0.39, 0.29) is 18.5 Å². The number of aryl methyl sites for hydroxylation is 1. The summed E-state index contributed by atoms with van der Waals surface area (Å²) in [5.74, 6) is -0.547. The molecule has 0 fully saturated rings. The normalized spacial score (nSPS) is 12.0. The molecule has 116 valence electrons. The van der Waals surface area contributed by atoms with Gasteiger partial charge in [0.2, 0.25) is 0 Å². The number of carboxylic acid groups (broad SMARTS) is 1. The first-order chi connectivity index (χ1) is 9.81. The van der Waals surface area contributed by atoms with Crippen molar-refractivity contribution in [3.05, 3.63) is 29.3 Å². The Morgan fingerprint density at radius 2 is 1.90 bits per heavy atom. The lowest BCUT2D eigenvalue weighted by Crippen LogP contribution is -2.36. The van der Waals surface area contributed by atoms with Crippen molar-refractivity contribution in [3.8, 4) is 0 Å². The number of urea groups is 1. The average Bonchev–Trinajstić information content (AvgIpc) is 2.38. The highest BCUT2D eigenvalue weighted by atomic mass is 16.4. The van der Waals surface area contributed by atoms with Gasteiger partial charge in [-0.3, -0.25) is 4.79 Å². The maximum absolute atomic E-state index is 12.0. The Kier molecular flexibility index (Phi) is 6.21. The fourth-order valence-electron chi connectivity index (χ4n) is 2.13. The van der Waals surface area contributed by atoms with Crippen molar-refractivity contribution in [2.75, 3.05) is 5.32 Å². The standard InChI is InChI=1S/C16H24N2O3/c1-10(2)13-7-5-6-11(3)15(13)18-16(21)17-12(4)8-9-14(19)20/h5-7,10,12H,8-9H2,1-4H3,(H,19,20)(H2,17,18,21). The molecule has 0 aliphatic heterocycles. The number of hydrogen-bond donors (Lipinski definition) is 3. The van der Waals surface area contributed by atoms with Crippen molar-refractivity contribution < 1.29 is 14.7 Å². The molecule has 0 spiro atoms. The molecule has 1 aromatic carbocycles. The summed E-state index contributed by atoms with van der Waals surface area (Å²) in [6, 6.07) is 5.44. The smallest absolute Gasteiger partial charge is 0.319 e. The van der Waals surface area contributed by atoms with E-state index < -0.39 is 5.97 Å². The minimum absolute atomic E-state index is 0.0447. The van der Waals surface area contributed by atoms with Crippen molar-refractivity contribution in [2.45, 2.75) is 52.5 Å². The maximum atomic E-state index is 12.0. The van der Waals surface area contributed by atoms with Crippen LogP contribution in [0.4, 0.5) is 10.5 Å². The molecule has 1 atom stereocenters. The molecule has 0 saturated heterocycles. The number of aliphatic carboxylic acids is 1. The molecular formula is C16H24N2O3. The predicted molar refractivity (Wildman–Crippen MR) is 83.8 cm³/mol. The second-order valence-electron chi connectivity index (χ2n) is 5.63. The van der Waals surface area contributed by atoms with Crippen LogP contribution in [0, 0.1) is 6.92 Å². The van der Waals surface area contributed by atoms with Gasteiger partial charge in [-0.25, -0.2) is 4.79 Å². The van der Waals surface area contributed by atoms with Crippen LogP contribution in [-0.4, -0.2) is 23.1 Å². The number of rotatable bonds is 6. The lowest BCUT2D eigenvalue weighted by molar-refractivity contribution is -0.137. The van der Waals surface area contributed by atoms with Gasteiger partial charge in [-0.15, -0.1) is 0 Å². The molecule has 0 heterocycles. The van der Waals surface area contributed by atoms with E-state index in [0.29, 0.717) is 12.3 Å². The van der Waals surface area contributed by atoms with Crippen molar-refractivity contribution in [1.82, 2.24) is 5.32 Å². The number of amides is 2. The molecule has 1 aromatic rings. The van der Waals surface area contributed by atoms with Crippen LogP contribution < -0.4 is 10.6 Å². The zero-order chi connectivity index (χ0) is 16.0. The quantitative estimate of drug-likeness (QED) is 0.751. The first-order valence-corrected chi connectivity index (χ1v) is 7.20. The summed E-state index contributed by atoms with van der Waals surface area (Å²) >= 11 is 0. The molecule has 1 unspecified atom stereocenters. The first kappa shape index (κ1) is 17.0.